The average Bonchev–Trinajstić information content (AvgIpc) is 2.93. The molecule has 1 atom stereocenters. The Hall–Kier alpha value is -2.09. The van der Waals surface area contributed by atoms with Crippen molar-refractivity contribution in [2.45, 2.75) is 18.9 Å². The first-order valence-corrected chi connectivity index (χ1v) is 10.3. The second kappa shape index (κ2) is 7.43. The van der Waals surface area contributed by atoms with Gasteiger partial charge in [0.05, 0.1) is 11.5 Å². The molecule has 2 fully saturated rings. The van der Waals surface area contributed by atoms with Crippen LogP contribution in [-0.2, 0) is 21.1 Å². The highest BCUT2D eigenvalue weighted by molar-refractivity contribution is 7.91. The van der Waals surface area contributed by atoms with Crippen molar-refractivity contribution in [3.05, 3.63) is 35.9 Å². The van der Waals surface area contributed by atoms with Crippen molar-refractivity contribution in [3.8, 4) is 0 Å². The van der Waals surface area contributed by atoms with Crippen LogP contribution >= 0.6 is 0 Å². The van der Waals surface area contributed by atoms with Crippen molar-refractivity contribution < 1.29 is 18.0 Å². The summed E-state index contributed by atoms with van der Waals surface area (Å²) in [5.41, 5.74) is 1.18. The zero-order valence-electron chi connectivity index (χ0n) is 14.1. The van der Waals surface area contributed by atoms with Crippen LogP contribution < -0.4 is 5.32 Å². The van der Waals surface area contributed by atoms with Gasteiger partial charge in [-0.3, -0.25) is 4.79 Å². The molecule has 3 rings (SSSR count). The Morgan fingerprint density at radius 3 is 2.60 bits per heavy atom. The van der Waals surface area contributed by atoms with Gasteiger partial charge in [0.2, 0.25) is 5.91 Å². The third-order valence-electron chi connectivity index (χ3n) is 4.68. The van der Waals surface area contributed by atoms with Gasteiger partial charge in [-0.15, -0.1) is 0 Å². The van der Waals surface area contributed by atoms with E-state index in [1.807, 2.05) is 30.3 Å². The summed E-state index contributed by atoms with van der Waals surface area (Å²) < 4.78 is 22.9. The molecule has 2 aliphatic rings. The van der Waals surface area contributed by atoms with E-state index in [0.717, 1.165) is 6.42 Å². The summed E-state index contributed by atoms with van der Waals surface area (Å²) in [5, 5.41) is 2.73. The molecule has 1 unspecified atom stereocenters. The topological polar surface area (TPSA) is 86.8 Å². The molecule has 2 saturated heterocycles. The minimum atomic E-state index is -3.03. The molecule has 2 heterocycles. The SMILES string of the molecule is O=C1CN(C(=O)NC2CCS(=O)(=O)C2)CCN1CCc1ccccc1. The van der Waals surface area contributed by atoms with Crippen LogP contribution in [0.3, 0.4) is 0 Å². The van der Waals surface area contributed by atoms with E-state index >= 15 is 0 Å². The van der Waals surface area contributed by atoms with Crippen LogP contribution in [0.4, 0.5) is 4.79 Å². The molecule has 1 N–H and O–H groups in total. The number of nitrogens with zero attached hydrogens (tertiary/aromatic N) is 2. The Labute approximate surface area is 147 Å². The Balaban J connectivity index is 1.46. The number of amides is 3. The molecule has 3 amide bonds. The highest BCUT2D eigenvalue weighted by Gasteiger charge is 2.32. The maximum atomic E-state index is 12.3. The van der Waals surface area contributed by atoms with E-state index in [0.29, 0.717) is 26.1 Å². The monoisotopic (exact) mass is 365 g/mol. The molecule has 1 aromatic rings. The lowest BCUT2D eigenvalue weighted by molar-refractivity contribution is -0.134. The quantitative estimate of drug-likeness (QED) is 0.830. The van der Waals surface area contributed by atoms with Gasteiger partial charge in [0.1, 0.15) is 6.54 Å². The number of benzene rings is 1. The fourth-order valence-electron chi connectivity index (χ4n) is 3.20. The molecule has 0 saturated carbocycles. The van der Waals surface area contributed by atoms with Gasteiger partial charge in [0, 0.05) is 25.7 Å². The second-order valence-electron chi connectivity index (χ2n) is 6.59. The second-order valence-corrected chi connectivity index (χ2v) is 8.82. The summed E-state index contributed by atoms with van der Waals surface area (Å²) in [6.45, 7) is 1.65. The van der Waals surface area contributed by atoms with Gasteiger partial charge < -0.3 is 15.1 Å². The fraction of sp³-hybridized carbons (Fsp3) is 0.529. The van der Waals surface area contributed by atoms with Crippen molar-refractivity contribution in [2.24, 2.45) is 0 Å². The number of nitrogens with one attached hydrogen (secondary N) is 1. The first kappa shape index (κ1) is 17.7. The van der Waals surface area contributed by atoms with Crippen molar-refractivity contribution in [1.29, 1.82) is 0 Å². The smallest absolute Gasteiger partial charge is 0.318 e. The number of rotatable bonds is 4. The molecule has 136 valence electrons. The number of carbonyl (C=O) groups excluding carboxylic acids is 2. The van der Waals surface area contributed by atoms with E-state index < -0.39 is 9.84 Å². The van der Waals surface area contributed by atoms with Gasteiger partial charge in [-0.25, -0.2) is 13.2 Å². The van der Waals surface area contributed by atoms with Crippen molar-refractivity contribution in [3.63, 3.8) is 0 Å². The molecular weight excluding hydrogens is 342 g/mol. The molecule has 0 aromatic heterocycles. The number of hydrogen-bond acceptors (Lipinski definition) is 4. The Bertz CT molecular complexity index is 736. The lowest BCUT2D eigenvalue weighted by Gasteiger charge is -2.34. The van der Waals surface area contributed by atoms with E-state index in [9.17, 15) is 18.0 Å². The maximum Gasteiger partial charge on any atom is 0.318 e. The standard InChI is InChI=1S/C17H23N3O4S/c21-16-12-20(17(22)18-15-7-11-25(23,24)13-15)10-9-19(16)8-6-14-4-2-1-3-5-14/h1-5,15H,6-13H2,(H,18,22). The lowest BCUT2D eigenvalue weighted by atomic mass is 10.1. The summed E-state index contributed by atoms with van der Waals surface area (Å²) in [6, 6.07) is 9.28. The van der Waals surface area contributed by atoms with E-state index in [1.54, 1.807) is 4.90 Å². The molecule has 2 aliphatic heterocycles. The largest absolute Gasteiger partial charge is 0.339 e. The molecule has 0 bridgehead atoms. The molecule has 25 heavy (non-hydrogen) atoms. The molecule has 1 aromatic carbocycles. The maximum absolute atomic E-state index is 12.3. The molecule has 0 radical (unpaired) electrons. The van der Waals surface area contributed by atoms with Gasteiger partial charge in [-0.1, -0.05) is 30.3 Å². The first-order valence-electron chi connectivity index (χ1n) is 8.50. The summed E-state index contributed by atoms with van der Waals surface area (Å²) in [5.74, 6) is 0.0322. The van der Waals surface area contributed by atoms with Gasteiger partial charge in [0.25, 0.3) is 0 Å². The average molecular weight is 365 g/mol. The molecule has 0 aliphatic carbocycles. The molecular formula is C17H23N3O4S. The summed E-state index contributed by atoms with van der Waals surface area (Å²) in [4.78, 5) is 27.8. The summed E-state index contributed by atoms with van der Waals surface area (Å²) in [6.07, 6.45) is 1.23. The van der Waals surface area contributed by atoms with Crippen LogP contribution in [0.2, 0.25) is 0 Å². The molecule has 8 heteroatoms. The van der Waals surface area contributed by atoms with E-state index in [1.165, 1.54) is 10.5 Å². The molecule has 7 nitrogen and oxygen atoms in total. The van der Waals surface area contributed by atoms with Gasteiger partial charge in [0.15, 0.2) is 9.84 Å². The zero-order chi connectivity index (χ0) is 17.9. The van der Waals surface area contributed by atoms with Crippen LogP contribution in [0.25, 0.3) is 0 Å². The van der Waals surface area contributed by atoms with Gasteiger partial charge in [-0.2, -0.15) is 0 Å². The van der Waals surface area contributed by atoms with Crippen LogP contribution in [-0.4, -0.2) is 73.9 Å². The minimum Gasteiger partial charge on any atom is -0.339 e. The Kier molecular flexibility index (Phi) is 5.27. The van der Waals surface area contributed by atoms with Gasteiger partial charge >= 0.3 is 6.03 Å². The van der Waals surface area contributed by atoms with Crippen LogP contribution in [0.5, 0.6) is 0 Å². The number of hydrogen-bond donors (Lipinski definition) is 1. The lowest BCUT2D eigenvalue weighted by Crippen LogP contribution is -2.56. The summed E-state index contributed by atoms with van der Waals surface area (Å²) in [7, 11) is -3.03. The van der Waals surface area contributed by atoms with E-state index in [2.05, 4.69) is 5.32 Å². The van der Waals surface area contributed by atoms with Crippen LogP contribution in [0.1, 0.15) is 12.0 Å². The fourth-order valence-corrected chi connectivity index (χ4v) is 4.88. The number of piperazine rings is 1. The normalized spacial score (nSPS) is 22.9. The predicted octanol–water partition coefficient (Wildman–Crippen LogP) is 0.270. The highest BCUT2D eigenvalue weighted by atomic mass is 32.2. The van der Waals surface area contributed by atoms with Crippen molar-refractivity contribution >= 4 is 21.8 Å². The summed E-state index contributed by atoms with van der Waals surface area (Å²) >= 11 is 0. The van der Waals surface area contributed by atoms with E-state index in [4.69, 9.17) is 0 Å². The van der Waals surface area contributed by atoms with Crippen LogP contribution in [0.15, 0.2) is 30.3 Å². The Morgan fingerprint density at radius 2 is 1.96 bits per heavy atom. The Morgan fingerprint density at radius 1 is 1.20 bits per heavy atom. The van der Waals surface area contributed by atoms with Crippen molar-refractivity contribution in [2.75, 3.05) is 37.7 Å². The number of sulfone groups is 1. The van der Waals surface area contributed by atoms with Crippen LogP contribution in [0, 0.1) is 0 Å². The minimum absolute atomic E-state index is 0.0102. The van der Waals surface area contributed by atoms with Crippen molar-refractivity contribution in [1.82, 2.24) is 15.1 Å². The zero-order valence-corrected chi connectivity index (χ0v) is 14.9. The number of carbonyl (C=O) groups is 2. The predicted molar refractivity (Wildman–Crippen MR) is 93.9 cm³/mol. The number of urea groups is 1. The highest BCUT2D eigenvalue weighted by Crippen LogP contribution is 2.12. The van der Waals surface area contributed by atoms with Gasteiger partial charge in [-0.05, 0) is 18.4 Å². The third-order valence-corrected chi connectivity index (χ3v) is 6.45. The van der Waals surface area contributed by atoms with E-state index in [-0.39, 0.29) is 36.0 Å². The third kappa shape index (κ3) is 4.72. The molecule has 0 spiro atoms. The first-order chi connectivity index (χ1) is 11.9.